The number of benzene rings is 1. The maximum atomic E-state index is 12.3. The van der Waals surface area contributed by atoms with Gasteiger partial charge in [-0.15, -0.1) is 0 Å². The minimum Gasteiger partial charge on any atom is -0.480 e. The largest absolute Gasteiger partial charge is 0.480 e. The van der Waals surface area contributed by atoms with Gasteiger partial charge in [0.05, 0.1) is 0 Å². The lowest BCUT2D eigenvalue weighted by Gasteiger charge is -2.28. The molecule has 4 heteroatoms. The van der Waals surface area contributed by atoms with Gasteiger partial charge in [-0.05, 0) is 45.2 Å². The minimum atomic E-state index is -1.25. The predicted molar refractivity (Wildman–Crippen MR) is 78.9 cm³/mol. The lowest BCUT2D eigenvalue weighted by molar-refractivity contribution is -0.144. The third-order valence-corrected chi connectivity index (χ3v) is 3.16. The molecule has 1 aromatic carbocycles. The lowest BCUT2D eigenvalue weighted by atomic mass is 9.90. The van der Waals surface area contributed by atoms with Crippen molar-refractivity contribution in [1.29, 1.82) is 0 Å². The van der Waals surface area contributed by atoms with Gasteiger partial charge in [0, 0.05) is 5.56 Å². The summed E-state index contributed by atoms with van der Waals surface area (Å²) in [7, 11) is 0. The number of carbonyl (C=O) groups excluding carboxylic acids is 1. The molecule has 0 unspecified atom stereocenters. The van der Waals surface area contributed by atoms with E-state index < -0.39 is 11.5 Å². The van der Waals surface area contributed by atoms with E-state index in [-0.39, 0.29) is 11.8 Å². The minimum absolute atomic E-state index is 0.177. The van der Waals surface area contributed by atoms with Crippen molar-refractivity contribution in [3.63, 3.8) is 0 Å². The highest BCUT2D eigenvalue weighted by atomic mass is 16.4. The van der Waals surface area contributed by atoms with E-state index in [4.69, 9.17) is 0 Å². The molecule has 0 heterocycles. The fourth-order valence-electron chi connectivity index (χ4n) is 2.44. The molecule has 0 aliphatic heterocycles. The average molecular weight is 277 g/mol. The van der Waals surface area contributed by atoms with E-state index >= 15 is 0 Å². The van der Waals surface area contributed by atoms with Crippen molar-refractivity contribution in [2.24, 2.45) is 5.92 Å². The van der Waals surface area contributed by atoms with E-state index in [1.165, 1.54) is 0 Å². The Hall–Kier alpha value is -1.84. The van der Waals surface area contributed by atoms with Crippen molar-refractivity contribution in [3.05, 3.63) is 34.9 Å². The first-order chi connectivity index (χ1) is 9.14. The van der Waals surface area contributed by atoms with Crippen LogP contribution in [0.1, 0.15) is 48.7 Å². The smallest absolute Gasteiger partial charge is 0.329 e. The summed E-state index contributed by atoms with van der Waals surface area (Å²) in [5.41, 5.74) is 1.22. The van der Waals surface area contributed by atoms with Crippen molar-refractivity contribution in [2.75, 3.05) is 0 Å². The summed E-state index contributed by atoms with van der Waals surface area (Å²) in [5.74, 6) is -1.18. The van der Waals surface area contributed by atoms with E-state index in [1.54, 1.807) is 19.1 Å². The Kier molecular flexibility index (Phi) is 4.93. The van der Waals surface area contributed by atoms with E-state index in [1.807, 2.05) is 33.8 Å². The SMILES string of the molecule is Cc1cc(C)cc(C(=O)N[C@@](C)(CC(C)C)C(=O)O)c1. The predicted octanol–water partition coefficient (Wildman–Crippen LogP) is 2.92. The van der Waals surface area contributed by atoms with Gasteiger partial charge in [-0.25, -0.2) is 4.79 Å². The summed E-state index contributed by atoms with van der Waals surface area (Å²) in [6.07, 6.45) is 0.388. The zero-order valence-corrected chi connectivity index (χ0v) is 12.8. The normalized spacial score (nSPS) is 13.9. The third-order valence-electron chi connectivity index (χ3n) is 3.16. The topological polar surface area (TPSA) is 66.4 Å². The molecule has 110 valence electrons. The number of carbonyl (C=O) groups is 2. The van der Waals surface area contributed by atoms with Crippen LogP contribution >= 0.6 is 0 Å². The Morgan fingerprint density at radius 2 is 1.70 bits per heavy atom. The van der Waals surface area contributed by atoms with Crippen LogP contribution in [0.4, 0.5) is 0 Å². The molecule has 0 aromatic heterocycles. The van der Waals surface area contributed by atoms with E-state index in [0.29, 0.717) is 12.0 Å². The second-order valence-electron chi connectivity index (χ2n) is 6.07. The molecule has 0 aliphatic rings. The number of aryl methyl sites for hydroxylation is 2. The number of amides is 1. The first-order valence-electron chi connectivity index (χ1n) is 6.78. The standard InChI is InChI=1S/C16H23NO3/c1-10(2)9-16(5,15(19)20)17-14(18)13-7-11(3)6-12(4)8-13/h6-8,10H,9H2,1-5H3,(H,17,18)(H,19,20)/t16-/m0/s1. The highest BCUT2D eigenvalue weighted by Crippen LogP contribution is 2.18. The number of rotatable bonds is 5. The van der Waals surface area contributed by atoms with Crippen LogP contribution in [0.2, 0.25) is 0 Å². The molecule has 0 fully saturated rings. The van der Waals surface area contributed by atoms with Crippen molar-refractivity contribution in [2.45, 2.75) is 46.6 Å². The van der Waals surface area contributed by atoms with Crippen LogP contribution in [0.5, 0.6) is 0 Å². The van der Waals surface area contributed by atoms with Crippen LogP contribution in [0.25, 0.3) is 0 Å². The highest BCUT2D eigenvalue weighted by Gasteiger charge is 2.35. The molecule has 20 heavy (non-hydrogen) atoms. The average Bonchev–Trinajstić information content (AvgIpc) is 2.25. The van der Waals surface area contributed by atoms with E-state index in [9.17, 15) is 14.7 Å². The molecule has 2 N–H and O–H groups in total. The van der Waals surface area contributed by atoms with Crippen LogP contribution in [-0.2, 0) is 4.79 Å². The van der Waals surface area contributed by atoms with Gasteiger partial charge in [0.15, 0.2) is 0 Å². The second kappa shape index (κ2) is 6.07. The van der Waals surface area contributed by atoms with Crippen LogP contribution in [0, 0.1) is 19.8 Å². The van der Waals surface area contributed by atoms with E-state index in [0.717, 1.165) is 11.1 Å². The molecular formula is C16H23NO3. The zero-order valence-electron chi connectivity index (χ0n) is 12.8. The number of hydrogen-bond acceptors (Lipinski definition) is 2. The molecular weight excluding hydrogens is 254 g/mol. The van der Waals surface area contributed by atoms with Gasteiger partial charge in [0.2, 0.25) is 0 Å². The summed E-state index contributed by atoms with van der Waals surface area (Å²) >= 11 is 0. The van der Waals surface area contributed by atoms with Crippen LogP contribution in [-0.4, -0.2) is 22.5 Å². The Balaban J connectivity index is 2.99. The molecule has 0 aliphatic carbocycles. The number of carboxylic acid groups (broad SMARTS) is 1. The first kappa shape index (κ1) is 16.2. The number of nitrogens with one attached hydrogen (secondary N) is 1. The maximum absolute atomic E-state index is 12.3. The Morgan fingerprint density at radius 1 is 1.20 bits per heavy atom. The molecule has 0 bridgehead atoms. The Bertz CT molecular complexity index is 502. The number of aliphatic carboxylic acids is 1. The Labute approximate surface area is 120 Å². The van der Waals surface area contributed by atoms with Gasteiger partial charge in [-0.1, -0.05) is 31.0 Å². The molecule has 1 atom stereocenters. The van der Waals surface area contributed by atoms with Crippen LogP contribution in [0.3, 0.4) is 0 Å². The molecule has 1 aromatic rings. The molecule has 1 rings (SSSR count). The summed E-state index contributed by atoms with van der Waals surface area (Å²) in [5, 5.41) is 12.0. The summed E-state index contributed by atoms with van der Waals surface area (Å²) in [4.78, 5) is 23.7. The van der Waals surface area contributed by atoms with Gasteiger partial charge >= 0.3 is 5.97 Å². The van der Waals surface area contributed by atoms with Crippen LogP contribution < -0.4 is 5.32 Å². The molecule has 0 saturated carbocycles. The lowest BCUT2D eigenvalue weighted by Crippen LogP contribution is -2.53. The van der Waals surface area contributed by atoms with Crippen molar-refractivity contribution < 1.29 is 14.7 Å². The van der Waals surface area contributed by atoms with Crippen molar-refractivity contribution in [1.82, 2.24) is 5.32 Å². The molecule has 4 nitrogen and oxygen atoms in total. The van der Waals surface area contributed by atoms with Crippen LogP contribution in [0.15, 0.2) is 18.2 Å². The number of hydrogen-bond donors (Lipinski definition) is 2. The molecule has 0 spiro atoms. The molecule has 0 saturated heterocycles. The Morgan fingerprint density at radius 3 is 2.10 bits per heavy atom. The van der Waals surface area contributed by atoms with Gasteiger partial charge < -0.3 is 10.4 Å². The highest BCUT2D eigenvalue weighted by molar-refractivity contribution is 5.98. The van der Waals surface area contributed by atoms with Gasteiger partial charge in [-0.3, -0.25) is 4.79 Å². The molecule has 1 amide bonds. The first-order valence-corrected chi connectivity index (χ1v) is 6.78. The zero-order chi connectivity index (χ0) is 15.5. The number of carboxylic acids is 1. The molecule has 0 radical (unpaired) electrons. The fraction of sp³-hybridized carbons (Fsp3) is 0.500. The van der Waals surface area contributed by atoms with Gasteiger partial charge in [-0.2, -0.15) is 0 Å². The van der Waals surface area contributed by atoms with E-state index in [2.05, 4.69) is 5.32 Å². The summed E-state index contributed by atoms with van der Waals surface area (Å²) < 4.78 is 0. The quantitative estimate of drug-likeness (QED) is 0.869. The van der Waals surface area contributed by atoms with Crippen molar-refractivity contribution >= 4 is 11.9 Å². The summed E-state index contributed by atoms with van der Waals surface area (Å²) in [6, 6.07) is 5.50. The summed E-state index contributed by atoms with van der Waals surface area (Å²) in [6.45, 7) is 9.24. The monoisotopic (exact) mass is 277 g/mol. The fourth-order valence-corrected chi connectivity index (χ4v) is 2.44. The van der Waals surface area contributed by atoms with Gasteiger partial charge in [0.1, 0.15) is 5.54 Å². The third kappa shape index (κ3) is 4.08. The maximum Gasteiger partial charge on any atom is 0.329 e. The van der Waals surface area contributed by atoms with Gasteiger partial charge in [0.25, 0.3) is 5.91 Å². The van der Waals surface area contributed by atoms with Crippen molar-refractivity contribution in [3.8, 4) is 0 Å². The second-order valence-corrected chi connectivity index (χ2v) is 6.07.